The molecule has 2 aliphatic rings. The Morgan fingerprint density at radius 3 is 2.73 bits per heavy atom. The van der Waals surface area contributed by atoms with Crippen LogP contribution in [0.5, 0.6) is 0 Å². The SMILES string of the molecule is CCCCC(=O)NC(=S)N1CCNC(=O)C1CC(=O)OC1CCCCC1. The number of carbonyl (C=O) groups is 3. The number of hydrogen-bond acceptors (Lipinski definition) is 5. The van der Waals surface area contributed by atoms with Crippen LogP contribution in [0, 0.1) is 0 Å². The van der Waals surface area contributed by atoms with Crippen molar-refractivity contribution in [1.82, 2.24) is 15.5 Å². The van der Waals surface area contributed by atoms with Gasteiger partial charge in [0.05, 0.1) is 6.42 Å². The van der Waals surface area contributed by atoms with Crippen LogP contribution in [0.4, 0.5) is 0 Å². The predicted octanol–water partition coefficient (Wildman–Crippen LogP) is 1.64. The topological polar surface area (TPSA) is 87.7 Å². The Morgan fingerprint density at radius 2 is 2.04 bits per heavy atom. The number of unbranched alkanes of at least 4 members (excludes halogenated alkanes) is 1. The lowest BCUT2D eigenvalue weighted by Gasteiger charge is -2.36. The molecule has 1 aliphatic heterocycles. The molecular weight excluding hydrogens is 354 g/mol. The molecular formula is C18H29N3O4S. The van der Waals surface area contributed by atoms with Gasteiger partial charge in [0, 0.05) is 19.5 Å². The van der Waals surface area contributed by atoms with Crippen LogP contribution in [0.1, 0.15) is 64.7 Å². The molecule has 1 atom stereocenters. The number of thiocarbonyl (C=S) groups is 1. The van der Waals surface area contributed by atoms with E-state index < -0.39 is 6.04 Å². The minimum atomic E-state index is -0.737. The minimum Gasteiger partial charge on any atom is -0.462 e. The molecule has 8 heteroatoms. The van der Waals surface area contributed by atoms with Crippen molar-refractivity contribution < 1.29 is 19.1 Å². The van der Waals surface area contributed by atoms with Crippen LogP contribution in [0.25, 0.3) is 0 Å². The van der Waals surface area contributed by atoms with Crippen molar-refractivity contribution in [2.75, 3.05) is 13.1 Å². The molecule has 1 saturated heterocycles. The molecule has 1 unspecified atom stereocenters. The fourth-order valence-corrected chi connectivity index (χ4v) is 3.66. The van der Waals surface area contributed by atoms with Gasteiger partial charge < -0.3 is 20.3 Å². The van der Waals surface area contributed by atoms with Gasteiger partial charge in [0.1, 0.15) is 12.1 Å². The van der Waals surface area contributed by atoms with Crippen LogP contribution in [-0.2, 0) is 19.1 Å². The Kier molecular flexibility index (Phi) is 8.28. The van der Waals surface area contributed by atoms with Crippen molar-refractivity contribution >= 4 is 35.1 Å². The summed E-state index contributed by atoms with van der Waals surface area (Å²) in [5, 5.41) is 5.63. The lowest BCUT2D eigenvalue weighted by Crippen LogP contribution is -2.60. The lowest BCUT2D eigenvalue weighted by molar-refractivity contribution is -0.153. The van der Waals surface area contributed by atoms with E-state index in [1.807, 2.05) is 6.92 Å². The molecule has 1 saturated carbocycles. The summed E-state index contributed by atoms with van der Waals surface area (Å²) in [5.41, 5.74) is 0. The summed E-state index contributed by atoms with van der Waals surface area (Å²) < 4.78 is 5.53. The van der Waals surface area contributed by atoms with Crippen molar-refractivity contribution in [3.8, 4) is 0 Å². The van der Waals surface area contributed by atoms with E-state index in [-0.39, 0.29) is 35.4 Å². The minimum absolute atomic E-state index is 0.0444. The number of hydrogen-bond donors (Lipinski definition) is 2. The van der Waals surface area contributed by atoms with E-state index >= 15 is 0 Å². The van der Waals surface area contributed by atoms with Crippen molar-refractivity contribution in [1.29, 1.82) is 0 Å². The van der Waals surface area contributed by atoms with Gasteiger partial charge in [-0.15, -0.1) is 0 Å². The second-order valence-electron chi connectivity index (χ2n) is 6.91. The molecule has 0 bridgehead atoms. The van der Waals surface area contributed by atoms with E-state index in [2.05, 4.69) is 10.6 Å². The third-order valence-corrected chi connectivity index (χ3v) is 5.14. The largest absolute Gasteiger partial charge is 0.462 e. The molecule has 0 aromatic rings. The molecule has 1 aliphatic carbocycles. The lowest BCUT2D eigenvalue weighted by atomic mass is 9.98. The van der Waals surface area contributed by atoms with Gasteiger partial charge in [0.2, 0.25) is 11.8 Å². The third-order valence-electron chi connectivity index (χ3n) is 4.81. The van der Waals surface area contributed by atoms with Crippen LogP contribution < -0.4 is 10.6 Å². The summed E-state index contributed by atoms with van der Waals surface area (Å²) in [7, 11) is 0. The Labute approximate surface area is 160 Å². The van der Waals surface area contributed by atoms with E-state index in [9.17, 15) is 14.4 Å². The zero-order chi connectivity index (χ0) is 18.9. The standard InChI is InChI=1S/C18H29N3O4S/c1-2-3-9-15(22)20-18(26)21-11-10-19-17(24)14(21)12-16(23)25-13-7-5-4-6-8-13/h13-14H,2-12H2,1H3,(H,19,24)(H,20,22,26). The highest BCUT2D eigenvalue weighted by Gasteiger charge is 2.34. The van der Waals surface area contributed by atoms with E-state index in [1.54, 1.807) is 4.90 Å². The molecule has 0 aromatic carbocycles. The van der Waals surface area contributed by atoms with Crippen LogP contribution in [-0.4, -0.2) is 53.0 Å². The van der Waals surface area contributed by atoms with E-state index in [0.717, 1.165) is 38.5 Å². The third kappa shape index (κ3) is 6.23. The van der Waals surface area contributed by atoms with Gasteiger partial charge in [0.25, 0.3) is 0 Å². The highest BCUT2D eigenvalue weighted by atomic mass is 32.1. The predicted molar refractivity (Wildman–Crippen MR) is 101 cm³/mol. The molecule has 2 N–H and O–H groups in total. The zero-order valence-electron chi connectivity index (χ0n) is 15.4. The Balaban J connectivity index is 1.91. The first-order valence-electron chi connectivity index (χ1n) is 9.59. The highest BCUT2D eigenvalue weighted by Crippen LogP contribution is 2.21. The summed E-state index contributed by atoms with van der Waals surface area (Å²) in [6.07, 6.45) is 7.09. The van der Waals surface area contributed by atoms with Crippen LogP contribution in [0.2, 0.25) is 0 Å². The quantitative estimate of drug-likeness (QED) is 0.536. The number of carbonyl (C=O) groups excluding carboxylic acids is 3. The van der Waals surface area contributed by atoms with E-state index in [0.29, 0.717) is 19.5 Å². The average molecular weight is 384 g/mol. The summed E-state index contributed by atoms with van der Waals surface area (Å²) in [4.78, 5) is 38.1. The maximum absolute atomic E-state index is 12.3. The van der Waals surface area contributed by atoms with Crippen molar-refractivity contribution in [3.05, 3.63) is 0 Å². The maximum Gasteiger partial charge on any atom is 0.308 e. The zero-order valence-corrected chi connectivity index (χ0v) is 16.2. The van der Waals surface area contributed by atoms with E-state index in [4.69, 9.17) is 17.0 Å². The first kappa shape index (κ1) is 20.6. The second kappa shape index (κ2) is 10.4. The molecule has 146 valence electrons. The van der Waals surface area contributed by atoms with Gasteiger partial charge >= 0.3 is 5.97 Å². The van der Waals surface area contributed by atoms with Crippen molar-refractivity contribution in [2.24, 2.45) is 0 Å². The monoisotopic (exact) mass is 383 g/mol. The Morgan fingerprint density at radius 1 is 1.31 bits per heavy atom. The number of ether oxygens (including phenoxy) is 1. The number of nitrogens with zero attached hydrogens (tertiary/aromatic N) is 1. The molecule has 0 radical (unpaired) electrons. The first-order valence-corrected chi connectivity index (χ1v) is 9.99. The van der Waals surface area contributed by atoms with Gasteiger partial charge in [0.15, 0.2) is 5.11 Å². The highest BCUT2D eigenvalue weighted by molar-refractivity contribution is 7.80. The molecule has 2 amide bonds. The Bertz CT molecular complexity index is 535. The smallest absolute Gasteiger partial charge is 0.308 e. The first-order chi connectivity index (χ1) is 12.5. The molecule has 2 rings (SSSR count). The van der Waals surface area contributed by atoms with Crippen molar-refractivity contribution in [2.45, 2.75) is 76.9 Å². The molecule has 1 heterocycles. The number of rotatable bonds is 6. The van der Waals surface area contributed by atoms with E-state index in [1.165, 1.54) is 6.42 Å². The number of nitrogens with one attached hydrogen (secondary N) is 2. The Hall–Kier alpha value is -1.70. The summed E-state index contributed by atoms with van der Waals surface area (Å²) in [6, 6.07) is -0.737. The summed E-state index contributed by atoms with van der Waals surface area (Å²) >= 11 is 5.31. The fourth-order valence-electron chi connectivity index (χ4n) is 3.33. The average Bonchev–Trinajstić information content (AvgIpc) is 2.62. The van der Waals surface area contributed by atoms with Gasteiger partial charge in [-0.1, -0.05) is 19.8 Å². The maximum atomic E-state index is 12.3. The summed E-state index contributed by atoms with van der Waals surface area (Å²) in [5.74, 6) is -0.808. The number of esters is 1. The number of amides is 2. The molecule has 0 aromatic heterocycles. The summed E-state index contributed by atoms with van der Waals surface area (Å²) in [6.45, 7) is 2.90. The van der Waals surface area contributed by atoms with Crippen LogP contribution in [0.3, 0.4) is 0 Å². The molecule has 2 fully saturated rings. The van der Waals surface area contributed by atoms with Gasteiger partial charge in [-0.2, -0.15) is 0 Å². The molecule has 0 spiro atoms. The normalized spacial score (nSPS) is 21.0. The van der Waals surface area contributed by atoms with Crippen LogP contribution >= 0.6 is 12.2 Å². The van der Waals surface area contributed by atoms with Crippen LogP contribution in [0.15, 0.2) is 0 Å². The second-order valence-corrected chi connectivity index (χ2v) is 7.30. The van der Waals surface area contributed by atoms with Gasteiger partial charge in [-0.05, 0) is 44.3 Å². The number of piperazine rings is 1. The van der Waals surface area contributed by atoms with Gasteiger partial charge in [-0.25, -0.2) is 0 Å². The van der Waals surface area contributed by atoms with Gasteiger partial charge in [-0.3, -0.25) is 14.4 Å². The molecule has 26 heavy (non-hydrogen) atoms. The fraction of sp³-hybridized carbons (Fsp3) is 0.778. The van der Waals surface area contributed by atoms with Crippen molar-refractivity contribution in [3.63, 3.8) is 0 Å². The molecule has 7 nitrogen and oxygen atoms in total.